The van der Waals surface area contributed by atoms with Crippen molar-refractivity contribution in [1.82, 2.24) is 15.2 Å². The Bertz CT molecular complexity index is 698. The normalized spacial score (nSPS) is 16.5. The van der Waals surface area contributed by atoms with E-state index in [1.807, 2.05) is 11.9 Å². The zero-order valence-electron chi connectivity index (χ0n) is 14.1. The Kier molecular flexibility index (Phi) is 6.19. The maximum atomic E-state index is 13.1. The largest absolute Gasteiger partial charge is 0.507 e. The van der Waals surface area contributed by atoms with Crippen LogP contribution in [0.4, 0.5) is 13.2 Å². The van der Waals surface area contributed by atoms with Crippen molar-refractivity contribution >= 4 is 17.5 Å². The molecule has 2 amide bonds. The lowest BCUT2D eigenvalue weighted by Gasteiger charge is -2.32. The van der Waals surface area contributed by atoms with Gasteiger partial charge in [0.25, 0.3) is 5.91 Å². The number of carbonyl (C=O) groups excluding carboxylic acids is 2. The molecular weight excluding hydrogens is 353 g/mol. The van der Waals surface area contributed by atoms with Gasteiger partial charge in [-0.3, -0.25) is 9.59 Å². The third-order valence-corrected chi connectivity index (χ3v) is 3.94. The number of likely N-dealkylation sites (N-methyl/N-ethyl adjacent to an activating group) is 1. The van der Waals surface area contributed by atoms with Crippen LogP contribution in [0.2, 0.25) is 0 Å². The molecule has 142 valence electrons. The number of nitrogens with one attached hydrogen (secondary N) is 1. The number of alkyl halides is 3. The summed E-state index contributed by atoms with van der Waals surface area (Å²) >= 11 is 0. The van der Waals surface area contributed by atoms with Gasteiger partial charge in [0.15, 0.2) is 5.71 Å². The van der Waals surface area contributed by atoms with Crippen molar-refractivity contribution in [2.75, 3.05) is 33.2 Å². The molecule has 0 aliphatic carbocycles. The SMILES string of the molecule is CN1CCN(C(=O)C/C(=N\NC(=O)c2ccccc2O)C(F)(F)F)CC1. The average molecular weight is 372 g/mol. The molecule has 0 atom stereocenters. The van der Waals surface area contributed by atoms with E-state index in [1.165, 1.54) is 29.2 Å². The highest BCUT2D eigenvalue weighted by Crippen LogP contribution is 2.21. The van der Waals surface area contributed by atoms with Gasteiger partial charge in [0, 0.05) is 26.2 Å². The smallest absolute Gasteiger partial charge is 0.431 e. The van der Waals surface area contributed by atoms with Crippen LogP contribution in [0.5, 0.6) is 5.75 Å². The Hall–Kier alpha value is -2.62. The molecule has 1 aromatic rings. The molecule has 7 nitrogen and oxygen atoms in total. The van der Waals surface area contributed by atoms with E-state index in [1.54, 1.807) is 5.43 Å². The number of hydrazone groups is 1. The van der Waals surface area contributed by atoms with E-state index in [0.29, 0.717) is 26.2 Å². The molecule has 0 spiro atoms. The Morgan fingerprint density at radius 3 is 2.38 bits per heavy atom. The number of rotatable bonds is 4. The van der Waals surface area contributed by atoms with Crippen molar-refractivity contribution in [1.29, 1.82) is 0 Å². The number of phenolic OH excluding ortho intramolecular Hbond substituents is 1. The number of piperazine rings is 1. The van der Waals surface area contributed by atoms with Crippen LogP contribution in [-0.2, 0) is 4.79 Å². The van der Waals surface area contributed by atoms with E-state index in [-0.39, 0.29) is 11.3 Å². The number of amides is 2. The molecule has 1 fully saturated rings. The van der Waals surface area contributed by atoms with E-state index >= 15 is 0 Å². The second-order valence-corrected chi connectivity index (χ2v) is 5.88. The standard InChI is InChI=1S/C16H19F3N4O3/c1-22-6-8-23(9-7-22)14(25)10-13(16(17,18)19)20-21-15(26)11-4-2-3-5-12(11)24/h2-5,24H,6-10H2,1H3,(H,21,26)/b20-13+. The Morgan fingerprint density at radius 1 is 1.19 bits per heavy atom. The van der Waals surface area contributed by atoms with Crippen LogP contribution in [0.1, 0.15) is 16.8 Å². The lowest BCUT2D eigenvalue weighted by molar-refractivity contribution is -0.132. The predicted octanol–water partition coefficient (Wildman–Crippen LogP) is 1.20. The molecule has 1 aromatic carbocycles. The van der Waals surface area contributed by atoms with Gasteiger partial charge in [0.1, 0.15) is 5.75 Å². The van der Waals surface area contributed by atoms with Crippen LogP contribution in [-0.4, -0.2) is 71.8 Å². The van der Waals surface area contributed by atoms with Crippen molar-refractivity contribution in [2.24, 2.45) is 5.10 Å². The second-order valence-electron chi connectivity index (χ2n) is 5.88. The van der Waals surface area contributed by atoms with E-state index in [4.69, 9.17) is 0 Å². The van der Waals surface area contributed by atoms with Gasteiger partial charge < -0.3 is 14.9 Å². The van der Waals surface area contributed by atoms with Gasteiger partial charge in [-0.05, 0) is 19.2 Å². The van der Waals surface area contributed by atoms with E-state index in [0.717, 1.165) is 0 Å². The predicted molar refractivity (Wildman–Crippen MR) is 87.8 cm³/mol. The summed E-state index contributed by atoms with van der Waals surface area (Å²) in [4.78, 5) is 27.3. The van der Waals surface area contributed by atoms with Gasteiger partial charge in [-0.25, -0.2) is 5.43 Å². The number of phenols is 1. The number of para-hydroxylation sites is 1. The van der Waals surface area contributed by atoms with Crippen LogP contribution < -0.4 is 5.43 Å². The van der Waals surface area contributed by atoms with E-state index < -0.39 is 30.1 Å². The van der Waals surface area contributed by atoms with Gasteiger partial charge in [-0.2, -0.15) is 18.3 Å². The zero-order chi connectivity index (χ0) is 19.3. The van der Waals surface area contributed by atoms with E-state index in [2.05, 4.69) is 5.10 Å². The molecule has 1 saturated heterocycles. The molecular formula is C16H19F3N4O3. The molecule has 0 radical (unpaired) electrons. The summed E-state index contributed by atoms with van der Waals surface area (Å²) < 4.78 is 39.4. The number of carbonyl (C=O) groups is 2. The van der Waals surface area contributed by atoms with Crippen molar-refractivity contribution < 1.29 is 27.9 Å². The minimum absolute atomic E-state index is 0.219. The van der Waals surface area contributed by atoms with Gasteiger partial charge in [-0.15, -0.1) is 0 Å². The fraction of sp³-hybridized carbons (Fsp3) is 0.438. The minimum atomic E-state index is -4.87. The summed E-state index contributed by atoms with van der Waals surface area (Å²) in [6.07, 6.45) is -5.83. The lowest BCUT2D eigenvalue weighted by atomic mass is 10.2. The minimum Gasteiger partial charge on any atom is -0.507 e. The number of nitrogens with zero attached hydrogens (tertiary/aromatic N) is 3. The fourth-order valence-electron chi connectivity index (χ4n) is 2.36. The molecule has 1 heterocycles. The molecule has 26 heavy (non-hydrogen) atoms. The Balaban J connectivity index is 2.07. The van der Waals surface area contributed by atoms with Crippen molar-refractivity contribution in [3.8, 4) is 5.75 Å². The monoisotopic (exact) mass is 372 g/mol. The number of hydrogen-bond acceptors (Lipinski definition) is 5. The second kappa shape index (κ2) is 8.17. The quantitative estimate of drug-likeness (QED) is 0.615. The third-order valence-electron chi connectivity index (χ3n) is 3.94. The summed E-state index contributed by atoms with van der Waals surface area (Å²) in [5, 5.41) is 12.6. The molecule has 2 N–H and O–H groups in total. The first kappa shape index (κ1) is 19.7. The van der Waals surface area contributed by atoms with Gasteiger partial charge in [0.05, 0.1) is 12.0 Å². The van der Waals surface area contributed by atoms with Gasteiger partial charge >= 0.3 is 6.18 Å². The molecule has 2 rings (SSSR count). The van der Waals surface area contributed by atoms with Crippen molar-refractivity contribution in [3.05, 3.63) is 29.8 Å². The molecule has 1 aliphatic rings. The van der Waals surface area contributed by atoms with Crippen molar-refractivity contribution in [3.63, 3.8) is 0 Å². The molecule has 0 aromatic heterocycles. The Labute approximate surface area is 148 Å². The average Bonchev–Trinajstić information content (AvgIpc) is 2.58. The summed E-state index contributed by atoms with van der Waals surface area (Å²) in [5.41, 5.74) is 0.135. The molecule has 0 bridgehead atoms. The van der Waals surface area contributed by atoms with Crippen LogP contribution in [0.25, 0.3) is 0 Å². The lowest BCUT2D eigenvalue weighted by Crippen LogP contribution is -2.48. The maximum Gasteiger partial charge on any atom is 0.431 e. The number of halogens is 3. The first-order valence-corrected chi connectivity index (χ1v) is 7.87. The van der Waals surface area contributed by atoms with Crippen LogP contribution >= 0.6 is 0 Å². The molecule has 10 heteroatoms. The molecule has 0 saturated carbocycles. The summed E-state index contributed by atoms with van der Waals surface area (Å²) in [6.45, 7) is 1.83. The Morgan fingerprint density at radius 2 is 1.81 bits per heavy atom. The summed E-state index contributed by atoms with van der Waals surface area (Å²) in [7, 11) is 1.86. The van der Waals surface area contributed by atoms with E-state index in [9.17, 15) is 27.9 Å². The highest BCUT2D eigenvalue weighted by Gasteiger charge is 2.38. The van der Waals surface area contributed by atoms with Crippen LogP contribution in [0, 0.1) is 0 Å². The fourth-order valence-corrected chi connectivity index (χ4v) is 2.36. The van der Waals surface area contributed by atoms with Crippen LogP contribution in [0.15, 0.2) is 29.4 Å². The zero-order valence-corrected chi connectivity index (χ0v) is 14.1. The number of hydrogen-bond donors (Lipinski definition) is 2. The van der Waals surface area contributed by atoms with Gasteiger partial charge in [0.2, 0.25) is 5.91 Å². The molecule has 1 aliphatic heterocycles. The first-order chi connectivity index (χ1) is 12.2. The topological polar surface area (TPSA) is 85.2 Å². The highest BCUT2D eigenvalue weighted by atomic mass is 19.4. The summed E-state index contributed by atoms with van der Waals surface area (Å²) in [5.74, 6) is -2.09. The van der Waals surface area contributed by atoms with Gasteiger partial charge in [-0.1, -0.05) is 12.1 Å². The van der Waals surface area contributed by atoms with Crippen LogP contribution in [0.3, 0.4) is 0 Å². The van der Waals surface area contributed by atoms with Crippen molar-refractivity contribution in [2.45, 2.75) is 12.6 Å². The highest BCUT2D eigenvalue weighted by molar-refractivity contribution is 6.05. The molecule has 0 unspecified atom stereocenters. The first-order valence-electron chi connectivity index (χ1n) is 7.87. The number of benzene rings is 1. The summed E-state index contributed by atoms with van der Waals surface area (Å²) in [6, 6.07) is 5.37. The third kappa shape index (κ3) is 5.19. The number of aromatic hydroxyl groups is 1. The maximum absolute atomic E-state index is 13.1.